The van der Waals surface area contributed by atoms with Gasteiger partial charge in [0.05, 0.1) is 0 Å². The molecule has 2 aromatic carbocycles. The van der Waals surface area contributed by atoms with Crippen molar-refractivity contribution >= 4 is 5.96 Å². The summed E-state index contributed by atoms with van der Waals surface area (Å²) in [6.45, 7) is 4.26. The van der Waals surface area contributed by atoms with Crippen LogP contribution in [0.25, 0.3) is 0 Å². The number of nitrogens with one attached hydrogen (secondary N) is 2. The molecule has 25 heavy (non-hydrogen) atoms. The number of nitrogens with zero attached hydrogens (tertiary/aromatic N) is 2. The number of benzene rings is 2. The van der Waals surface area contributed by atoms with Crippen molar-refractivity contribution in [1.82, 2.24) is 15.5 Å². The van der Waals surface area contributed by atoms with Crippen molar-refractivity contribution in [3.63, 3.8) is 0 Å². The summed E-state index contributed by atoms with van der Waals surface area (Å²) < 4.78 is 13.7. The summed E-state index contributed by atoms with van der Waals surface area (Å²) in [5.41, 5.74) is 3.53. The lowest BCUT2D eigenvalue weighted by Crippen LogP contribution is -2.42. The minimum atomic E-state index is -0.197. The zero-order valence-electron chi connectivity index (χ0n) is 14.6. The van der Waals surface area contributed by atoms with Crippen LogP contribution in [0.15, 0.2) is 53.5 Å². The highest BCUT2D eigenvalue weighted by atomic mass is 19.1. The van der Waals surface area contributed by atoms with Gasteiger partial charge in [-0.25, -0.2) is 4.39 Å². The van der Waals surface area contributed by atoms with Crippen LogP contribution in [0.5, 0.6) is 0 Å². The molecule has 3 rings (SSSR count). The maximum atomic E-state index is 13.7. The van der Waals surface area contributed by atoms with Crippen LogP contribution in [-0.4, -0.2) is 37.5 Å². The Morgan fingerprint density at radius 3 is 2.64 bits per heavy atom. The first-order valence-corrected chi connectivity index (χ1v) is 8.73. The van der Waals surface area contributed by atoms with Crippen LogP contribution in [0.4, 0.5) is 4.39 Å². The molecule has 1 aliphatic rings. The molecule has 0 spiro atoms. The molecule has 4 nitrogen and oxygen atoms in total. The molecule has 0 saturated carbocycles. The summed E-state index contributed by atoms with van der Waals surface area (Å²) in [5, 5.41) is 6.47. The Labute approximate surface area is 148 Å². The smallest absolute Gasteiger partial charge is 0.191 e. The van der Waals surface area contributed by atoms with Crippen LogP contribution in [0.3, 0.4) is 0 Å². The van der Waals surface area contributed by atoms with Crippen LogP contribution >= 0.6 is 0 Å². The Balaban J connectivity index is 1.43. The molecule has 2 aromatic rings. The topological polar surface area (TPSA) is 39.7 Å². The molecule has 0 unspecified atom stereocenters. The second kappa shape index (κ2) is 8.62. The number of aliphatic imine (C=N–C) groups is 1. The predicted octanol–water partition coefficient (Wildman–Crippen LogP) is 2.55. The molecule has 0 saturated heterocycles. The van der Waals surface area contributed by atoms with E-state index < -0.39 is 0 Å². The monoisotopic (exact) mass is 340 g/mol. The molecule has 0 aliphatic carbocycles. The highest BCUT2D eigenvalue weighted by Gasteiger charge is 2.15. The molecule has 132 valence electrons. The van der Waals surface area contributed by atoms with E-state index in [9.17, 15) is 4.39 Å². The molecule has 0 aromatic heterocycles. The number of rotatable bonds is 5. The molecule has 1 aliphatic heterocycles. The number of guanidine groups is 1. The van der Waals surface area contributed by atoms with E-state index in [2.05, 4.69) is 44.8 Å². The minimum absolute atomic E-state index is 0.197. The summed E-state index contributed by atoms with van der Waals surface area (Å²) in [5.74, 6) is 0.498. The molecule has 0 atom stereocenters. The molecule has 0 amide bonds. The summed E-state index contributed by atoms with van der Waals surface area (Å²) >= 11 is 0. The van der Waals surface area contributed by atoms with Crippen molar-refractivity contribution in [3.8, 4) is 0 Å². The van der Waals surface area contributed by atoms with Gasteiger partial charge in [0.15, 0.2) is 5.96 Å². The second-order valence-electron chi connectivity index (χ2n) is 6.24. The Hall–Kier alpha value is -2.40. The van der Waals surface area contributed by atoms with Crippen LogP contribution in [0.1, 0.15) is 16.7 Å². The van der Waals surface area contributed by atoms with E-state index in [1.54, 1.807) is 19.2 Å². The maximum absolute atomic E-state index is 13.7. The summed E-state index contributed by atoms with van der Waals surface area (Å²) in [6, 6.07) is 15.4. The standard InChI is InChI=1S/C20H25FN4/c1-22-20(24-14-17-7-4-5-9-19(17)21)23-11-13-25-12-10-16-6-2-3-8-18(16)15-25/h2-9H,10-15H2,1H3,(H2,22,23,24). The lowest BCUT2D eigenvalue weighted by molar-refractivity contribution is 0.258. The van der Waals surface area contributed by atoms with Gasteiger partial charge < -0.3 is 10.6 Å². The van der Waals surface area contributed by atoms with Crippen LogP contribution < -0.4 is 10.6 Å². The van der Waals surface area contributed by atoms with Crippen LogP contribution in [-0.2, 0) is 19.5 Å². The van der Waals surface area contributed by atoms with Gasteiger partial charge in [-0.05, 0) is 23.6 Å². The third-order valence-corrected chi connectivity index (χ3v) is 4.56. The molecule has 0 bridgehead atoms. The van der Waals surface area contributed by atoms with Gasteiger partial charge >= 0.3 is 0 Å². The molecule has 5 heteroatoms. The Bertz CT molecular complexity index is 729. The largest absolute Gasteiger partial charge is 0.355 e. The number of fused-ring (bicyclic) bond motifs is 1. The van der Waals surface area contributed by atoms with Crippen molar-refractivity contribution < 1.29 is 4.39 Å². The minimum Gasteiger partial charge on any atom is -0.355 e. The Morgan fingerprint density at radius 2 is 1.84 bits per heavy atom. The van der Waals surface area contributed by atoms with Crippen molar-refractivity contribution in [2.24, 2.45) is 4.99 Å². The van der Waals surface area contributed by atoms with Gasteiger partial charge in [0, 0.05) is 45.3 Å². The fourth-order valence-corrected chi connectivity index (χ4v) is 3.12. The van der Waals surface area contributed by atoms with E-state index in [-0.39, 0.29) is 5.82 Å². The van der Waals surface area contributed by atoms with E-state index in [4.69, 9.17) is 0 Å². The maximum Gasteiger partial charge on any atom is 0.191 e. The van der Waals surface area contributed by atoms with Gasteiger partial charge in [-0.15, -0.1) is 0 Å². The third kappa shape index (κ3) is 4.79. The fourth-order valence-electron chi connectivity index (χ4n) is 3.12. The zero-order valence-corrected chi connectivity index (χ0v) is 14.6. The quantitative estimate of drug-likeness (QED) is 0.649. The molecule has 0 radical (unpaired) electrons. The first kappa shape index (κ1) is 17.4. The van der Waals surface area contributed by atoms with E-state index in [1.165, 1.54) is 17.2 Å². The number of hydrogen-bond acceptors (Lipinski definition) is 2. The summed E-state index contributed by atoms with van der Waals surface area (Å²) in [7, 11) is 1.73. The van der Waals surface area contributed by atoms with Gasteiger partial charge in [0.25, 0.3) is 0 Å². The summed E-state index contributed by atoms with van der Waals surface area (Å²) in [4.78, 5) is 6.65. The average Bonchev–Trinajstić information content (AvgIpc) is 2.65. The van der Waals surface area contributed by atoms with Gasteiger partial charge in [0.2, 0.25) is 0 Å². The van der Waals surface area contributed by atoms with Gasteiger partial charge in [-0.2, -0.15) is 0 Å². The Morgan fingerprint density at radius 1 is 1.08 bits per heavy atom. The van der Waals surface area contributed by atoms with Gasteiger partial charge in [0.1, 0.15) is 5.82 Å². The number of hydrogen-bond donors (Lipinski definition) is 2. The highest BCUT2D eigenvalue weighted by molar-refractivity contribution is 5.79. The van der Waals surface area contributed by atoms with Gasteiger partial charge in [-0.1, -0.05) is 42.5 Å². The molecular formula is C20H25FN4. The van der Waals surface area contributed by atoms with Crippen molar-refractivity contribution in [2.75, 3.05) is 26.7 Å². The highest BCUT2D eigenvalue weighted by Crippen LogP contribution is 2.17. The van der Waals surface area contributed by atoms with E-state index in [0.29, 0.717) is 18.1 Å². The lowest BCUT2D eigenvalue weighted by Gasteiger charge is -2.28. The first-order valence-electron chi connectivity index (χ1n) is 8.73. The lowest BCUT2D eigenvalue weighted by atomic mass is 10.00. The predicted molar refractivity (Wildman–Crippen MR) is 100 cm³/mol. The molecular weight excluding hydrogens is 315 g/mol. The number of halogens is 1. The normalized spacial score (nSPS) is 14.9. The van der Waals surface area contributed by atoms with Gasteiger partial charge in [-0.3, -0.25) is 9.89 Å². The molecule has 1 heterocycles. The third-order valence-electron chi connectivity index (χ3n) is 4.56. The molecule has 0 fully saturated rings. The van der Waals surface area contributed by atoms with Crippen LogP contribution in [0.2, 0.25) is 0 Å². The zero-order chi connectivity index (χ0) is 17.5. The van der Waals surface area contributed by atoms with Crippen molar-refractivity contribution in [1.29, 1.82) is 0 Å². The fraction of sp³-hybridized carbons (Fsp3) is 0.350. The average molecular weight is 340 g/mol. The van der Waals surface area contributed by atoms with E-state index >= 15 is 0 Å². The molecule has 2 N–H and O–H groups in total. The van der Waals surface area contributed by atoms with Crippen molar-refractivity contribution in [2.45, 2.75) is 19.5 Å². The van der Waals surface area contributed by atoms with Crippen molar-refractivity contribution in [3.05, 3.63) is 71.0 Å². The summed E-state index contributed by atoms with van der Waals surface area (Å²) in [6.07, 6.45) is 1.11. The second-order valence-corrected chi connectivity index (χ2v) is 6.24. The van der Waals surface area contributed by atoms with Crippen LogP contribution in [0, 0.1) is 5.82 Å². The first-order chi connectivity index (χ1) is 12.3. The SMILES string of the molecule is CN=C(NCCN1CCc2ccccc2C1)NCc1ccccc1F. The Kier molecular flexibility index (Phi) is 6.01. The van der Waals surface area contributed by atoms with E-state index in [0.717, 1.165) is 32.6 Å². The van der Waals surface area contributed by atoms with E-state index in [1.807, 2.05) is 6.07 Å².